The topological polar surface area (TPSA) is 26.3 Å². The molecule has 28 heavy (non-hydrogen) atoms. The summed E-state index contributed by atoms with van der Waals surface area (Å²) in [5.41, 5.74) is -0.333. The zero-order valence-electron chi connectivity index (χ0n) is 20.1. The Hall–Kier alpha value is -0.530. The van der Waals surface area contributed by atoms with Crippen LogP contribution >= 0.6 is 0 Å². The molecule has 0 bridgehead atoms. The van der Waals surface area contributed by atoms with E-state index in [2.05, 4.69) is 34.6 Å². The van der Waals surface area contributed by atoms with Gasteiger partial charge >= 0.3 is 5.97 Å². The molecule has 0 saturated heterocycles. The van der Waals surface area contributed by atoms with Gasteiger partial charge in [0.05, 0.1) is 12.0 Å². The van der Waals surface area contributed by atoms with Crippen molar-refractivity contribution in [3.8, 4) is 0 Å². The van der Waals surface area contributed by atoms with E-state index in [9.17, 15) is 4.79 Å². The molecule has 0 aliphatic rings. The zero-order chi connectivity index (χ0) is 21.1. The number of carbonyl (C=O) groups excluding carboxylic acids is 1. The summed E-state index contributed by atoms with van der Waals surface area (Å²) in [6.45, 7) is 11.5. The van der Waals surface area contributed by atoms with Crippen LogP contribution in [0, 0.1) is 11.3 Å². The summed E-state index contributed by atoms with van der Waals surface area (Å²) >= 11 is 0. The lowest BCUT2D eigenvalue weighted by Gasteiger charge is -2.25. The third kappa shape index (κ3) is 15.4. The van der Waals surface area contributed by atoms with E-state index in [4.69, 9.17) is 4.74 Å². The number of ether oxygens (including phenoxy) is 1. The molecule has 2 heteroatoms. The van der Waals surface area contributed by atoms with Gasteiger partial charge in [-0.25, -0.2) is 0 Å². The minimum atomic E-state index is -0.333. The Morgan fingerprint density at radius 2 is 1.11 bits per heavy atom. The fourth-order valence-corrected chi connectivity index (χ4v) is 3.87. The van der Waals surface area contributed by atoms with Gasteiger partial charge in [-0.15, -0.1) is 0 Å². The van der Waals surface area contributed by atoms with Crippen molar-refractivity contribution in [3.05, 3.63) is 0 Å². The molecule has 0 aliphatic heterocycles. The van der Waals surface area contributed by atoms with Crippen molar-refractivity contribution in [3.63, 3.8) is 0 Å². The predicted octanol–water partition coefficient (Wildman–Crippen LogP) is 8.86. The Kier molecular flexibility index (Phi) is 18.1. The van der Waals surface area contributed by atoms with E-state index >= 15 is 0 Å². The normalized spacial score (nSPS) is 12.9. The number of unbranched alkanes of at least 4 members (excludes halogenated alkanes) is 11. The maximum atomic E-state index is 12.6. The second-order valence-corrected chi connectivity index (χ2v) is 9.56. The van der Waals surface area contributed by atoms with Gasteiger partial charge in [-0.3, -0.25) is 4.79 Å². The van der Waals surface area contributed by atoms with Crippen LogP contribution in [0.2, 0.25) is 0 Å². The molecule has 0 radical (unpaired) electrons. The maximum Gasteiger partial charge on any atom is 0.311 e. The molecule has 0 aromatic rings. The molecule has 2 nitrogen and oxygen atoms in total. The Bertz CT molecular complexity index is 348. The Morgan fingerprint density at radius 3 is 1.64 bits per heavy atom. The standard InChI is InChI=1S/C26H52O2/c1-6-9-12-15-16-18-21-24(20-17-13-10-7-2)23-28-25(27)26(4,5)22-19-14-11-8-3/h24H,6-23H2,1-5H3. The van der Waals surface area contributed by atoms with Crippen LogP contribution in [0.1, 0.15) is 144 Å². The van der Waals surface area contributed by atoms with Crippen LogP contribution in [0.25, 0.3) is 0 Å². The molecule has 0 saturated carbocycles. The van der Waals surface area contributed by atoms with Crippen molar-refractivity contribution >= 4 is 5.97 Å². The molecule has 0 aliphatic carbocycles. The van der Waals surface area contributed by atoms with Gasteiger partial charge in [-0.2, -0.15) is 0 Å². The molecular weight excluding hydrogens is 344 g/mol. The Labute approximate surface area is 177 Å². The first-order chi connectivity index (χ1) is 13.5. The molecule has 0 amide bonds. The summed E-state index contributed by atoms with van der Waals surface area (Å²) in [5.74, 6) is 0.577. The molecule has 0 heterocycles. The first-order valence-electron chi connectivity index (χ1n) is 12.6. The summed E-state index contributed by atoms with van der Waals surface area (Å²) < 4.78 is 5.84. The molecule has 168 valence electrons. The van der Waals surface area contributed by atoms with Crippen LogP contribution < -0.4 is 0 Å². The van der Waals surface area contributed by atoms with Gasteiger partial charge in [0.2, 0.25) is 0 Å². The molecule has 0 N–H and O–H groups in total. The van der Waals surface area contributed by atoms with Gasteiger partial charge < -0.3 is 4.74 Å². The monoisotopic (exact) mass is 396 g/mol. The minimum Gasteiger partial charge on any atom is -0.465 e. The van der Waals surface area contributed by atoms with E-state index in [0.717, 1.165) is 12.8 Å². The van der Waals surface area contributed by atoms with E-state index in [1.54, 1.807) is 0 Å². The van der Waals surface area contributed by atoms with Crippen molar-refractivity contribution in [2.75, 3.05) is 6.61 Å². The number of hydrogen-bond donors (Lipinski definition) is 0. The van der Waals surface area contributed by atoms with Gasteiger partial charge in [-0.05, 0) is 39.0 Å². The summed E-state index contributed by atoms with van der Waals surface area (Å²) in [7, 11) is 0. The molecule has 0 aromatic heterocycles. The van der Waals surface area contributed by atoms with Crippen LogP contribution in [0.3, 0.4) is 0 Å². The molecule has 1 atom stereocenters. The summed E-state index contributed by atoms with van der Waals surface area (Å²) in [6, 6.07) is 0. The van der Waals surface area contributed by atoms with Gasteiger partial charge in [-0.1, -0.05) is 111 Å². The maximum absolute atomic E-state index is 12.6. The smallest absolute Gasteiger partial charge is 0.311 e. The van der Waals surface area contributed by atoms with Gasteiger partial charge in [0, 0.05) is 0 Å². The number of esters is 1. The average molecular weight is 397 g/mol. The van der Waals surface area contributed by atoms with E-state index in [-0.39, 0.29) is 11.4 Å². The van der Waals surface area contributed by atoms with Crippen molar-refractivity contribution < 1.29 is 9.53 Å². The van der Waals surface area contributed by atoms with E-state index < -0.39 is 0 Å². The van der Waals surface area contributed by atoms with Crippen LogP contribution in [0.5, 0.6) is 0 Å². The molecule has 0 aromatic carbocycles. The third-order valence-corrected chi connectivity index (χ3v) is 6.09. The lowest BCUT2D eigenvalue weighted by Crippen LogP contribution is -2.28. The highest BCUT2D eigenvalue weighted by Crippen LogP contribution is 2.27. The summed E-state index contributed by atoms with van der Waals surface area (Å²) in [6.07, 6.45) is 21.5. The quantitative estimate of drug-likeness (QED) is 0.152. The van der Waals surface area contributed by atoms with Crippen molar-refractivity contribution in [2.45, 2.75) is 144 Å². The molecule has 0 fully saturated rings. The van der Waals surface area contributed by atoms with Gasteiger partial charge in [0.15, 0.2) is 0 Å². The Balaban J connectivity index is 4.27. The van der Waals surface area contributed by atoms with Gasteiger partial charge in [0.25, 0.3) is 0 Å². The molecule has 0 rings (SSSR count). The van der Waals surface area contributed by atoms with E-state index in [1.165, 1.54) is 96.3 Å². The fourth-order valence-electron chi connectivity index (χ4n) is 3.87. The van der Waals surface area contributed by atoms with Gasteiger partial charge in [0.1, 0.15) is 0 Å². The van der Waals surface area contributed by atoms with E-state index in [0.29, 0.717) is 12.5 Å². The molecule has 0 spiro atoms. The lowest BCUT2D eigenvalue weighted by atomic mass is 9.87. The average Bonchev–Trinajstić information content (AvgIpc) is 2.68. The fraction of sp³-hybridized carbons (Fsp3) is 0.962. The van der Waals surface area contributed by atoms with Crippen LogP contribution in [0.15, 0.2) is 0 Å². The second kappa shape index (κ2) is 18.5. The SMILES string of the molecule is CCCCCCCCC(CCCCCC)COC(=O)C(C)(C)CCCCCC. The number of carbonyl (C=O) groups is 1. The number of rotatable bonds is 20. The second-order valence-electron chi connectivity index (χ2n) is 9.56. The lowest BCUT2D eigenvalue weighted by molar-refractivity contribution is -0.156. The first-order valence-corrected chi connectivity index (χ1v) is 12.6. The van der Waals surface area contributed by atoms with Crippen LogP contribution in [-0.2, 0) is 9.53 Å². The molecular formula is C26H52O2. The highest BCUT2D eigenvalue weighted by atomic mass is 16.5. The van der Waals surface area contributed by atoms with Crippen LogP contribution in [-0.4, -0.2) is 12.6 Å². The zero-order valence-corrected chi connectivity index (χ0v) is 20.1. The molecule has 1 unspecified atom stereocenters. The predicted molar refractivity (Wildman–Crippen MR) is 124 cm³/mol. The van der Waals surface area contributed by atoms with Crippen molar-refractivity contribution in [1.29, 1.82) is 0 Å². The van der Waals surface area contributed by atoms with E-state index in [1.807, 2.05) is 0 Å². The third-order valence-electron chi connectivity index (χ3n) is 6.09. The largest absolute Gasteiger partial charge is 0.465 e. The van der Waals surface area contributed by atoms with Crippen LogP contribution in [0.4, 0.5) is 0 Å². The van der Waals surface area contributed by atoms with Crippen molar-refractivity contribution in [1.82, 2.24) is 0 Å². The highest BCUT2D eigenvalue weighted by Gasteiger charge is 2.29. The summed E-state index contributed by atoms with van der Waals surface area (Å²) in [5, 5.41) is 0. The first kappa shape index (κ1) is 27.5. The summed E-state index contributed by atoms with van der Waals surface area (Å²) in [4.78, 5) is 12.6. The van der Waals surface area contributed by atoms with Crippen molar-refractivity contribution in [2.24, 2.45) is 11.3 Å². The highest BCUT2D eigenvalue weighted by molar-refractivity contribution is 5.75. The number of hydrogen-bond acceptors (Lipinski definition) is 2. The minimum absolute atomic E-state index is 0.0190. The Morgan fingerprint density at radius 1 is 0.679 bits per heavy atom.